The van der Waals surface area contributed by atoms with Gasteiger partial charge in [0.2, 0.25) is 0 Å². The topological polar surface area (TPSA) is 26.0 Å². The molecule has 18 heavy (non-hydrogen) atoms. The van der Waals surface area contributed by atoms with Gasteiger partial charge in [-0.25, -0.2) is 0 Å². The lowest BCUT2D eigenvalue weighted by Gasteiger charge is -2.31. The van der Waals surface area contributed by atoms with Gasteiger partial charge in [0.05, 0.1) is 0 Å². The third-order valence-electron chi connectivity index (χ3n) is 3.96. The Morgan fingerprint density at radius 2 is 1.56 bits per heavy atom. The molecule has 0 bridgehead atoms. The Morgan fingerprint density at radius 3 is 2.22 bits per heavy atom. The van der Waals surface area contributed by atoms with E-state index in [0.29, 0.717) is 0 Å². The smallest absolute Gasteiger partial charge is 0.0162 e. The summed E-state index contributed by atoms with van der Waals surface area (Å²) in [7, 11) is 0. The summed E-state index contributed by atoms with van der Waals surface area (Å²) in [4.78, 5) is 1.37. The Morgan fingerprint density at radius 1 is 0.944 bits per heavy atom. The Bertz CT molecular complexity index is 328. The minimum atomic E-state index is 0.113. The second-order valence-electron chi connectivity index (χ2n) is 5.54. The highest BCUT2D eigenvalue weighted by atomic mass is 32.2. The van der Waals surface area contributed by atoms with E-state index in [9.17, 15) is 0 Å². The monoisotopic (exact) mass is 263 g/mol. The van der Waals surface area contributed by atoms with E-state index in [4.69, 9.17) is 5.73 Å². The van der Waals surface area contributed by atoms with Crippen LogP contribution < -0.4 is 5.73 Å². The van der Waals surface area contributed by atoms with Crippen LogP contribution in [0.1, 0.15) is 51.4 Å². The third kappa shape index (κ3) is 4.66. The van der Waals surface area contributed by atoms with Crippen LogP contribution in [0.3, 0.4) is 0 Å². The maximum Gasteiger partial charge on any atom is 0.0162 e. The Kier molecular flexibility index (Phi) is 5.58. The second kappa shape index (κ2) is 7.20. The first-order valence-corrected chi connectivity index (χ1v) is 8.24. The first-order valence-electron chi connectivity index (χ1n) is 7.25. The fourth-order valence-corrected chi connectivity index (χ4v) is 3.84. The summed E-state index contributed by atoms with van der Waals surface area (Å²) in [6.07, 6.45) is 10.4. The van der Waals surface area contributed by atoms with Crippen LogP contribution >= 0.6 is 11.8 Å². The zero-order chi connectivity index (χ0) is 12.7. The molecule has 0 atom stereocenters. The lowest BCUT2D eigenvalue weighted by molar-refractivity contribution is 0.309. The van der Waals surface area contributed by atoms with Crippen LogP contribution in [-0.4, -0.2) is 11.3 Å². The van der Waals surface area contributed by atoms with Crippen LogP contribution in [-0.2, 0) is 0 Å². The molecule has 1 nitrogen and oxygen atoms in total. The zero-order valence-electron chi connectivity index (χ0n) is 11.2. The SMILES string of the molecule is NC1(CCSc2ccccc2)CCCCCCC1. The van der Waals surface area contributed by atoms with Gasteiger partial charge in [0.1, 0.15) is 0 Å². The molecular weight excluding hydrogens is 238 g/mol. The molecule has 0 spiro atoms. The van der Waals surface area contributed by atoms with E-state index < -0.39 is 0 Å². The van der Waals surface area contributed by atoms with Crippen molar-refractivity contribution in [2.45, 2.75) is 61.8 Å². The van der Waals surface area contributed by atoms with E-state index in [2.05, 4.69) is 30.3 Å². The quantitative estimate of drug-likeness (QED) is 0.803. The highest BCUT2D eigenvalue weighted by molar-refractivity contribution is 7.99. The summed E-state index contributed by atoms with van der Waals surface area (Å²) >= 11 is 1.94. The normalized spacial score (nSPS) is 20.1. The van der Waals surface area contributed by atoms with Crippen molar-refractivity contribution in [3.05, 3.63) is 30.3 Å². The summed E-state index contributed by atoms with van der Waals surface area (Å²) in [5.74, 6) is 1.15. The summed E-state index contributed by atoms with van der Waals surface area (Å²) in [6.45, 7) is 0. The fourth-order valence-electron chi connectivity index (χ4n) is 2.75. The maximum atomic E-state index is 6.58. The Labute approximate surface area is 116 Å². The molecular formula is C16H25NS. The molecule has 2 N–H and O–H groups in total. The fraction of sp³-hybridized carbons (Fsp3) is 0.625. The summed E-state index contributed by atoms with van der Waals surface area (Å²) < 4.78 is 0. The maximum absolute atomic E-state index is 6.58. The molecule has 0 radical (unpaired) electrons. The number of thioether (sulfide) groups is 1. The number of hydrogen-bond donors (Lipinski definition) is 1. The van der Waals surface area contributed by atoms with Crippen molar-refractivity contribution in [3.8, 4) is 0 Å². The van der Waals surface area contributed by atoms with Crippen molar-refractivity contribution < 1.29 is 0 Å². The van der Waals surface area contributed by atoms with Crippen molar-refractivity contribution in [1.29, 1.82) is 0 Å². The highest BCUT2D eigenvalue weighted by Crippen LogP contribution is 2.29. The lowest BCUT2D eigenvalue weighted by atomic mass is 9.83. The van der Waals surface area contributed by atoms with Crippen LogP contribution in [0, 0.1) is 0 Å². The first kappa shape index (κ1) is 14.0. The minimum absolute atomic E-state index is 0.113. The van der Waals surface area contributed by atoms with Crippen LogP contribution in [0.5, 0.6) is 0 Å². The molecule has 0 unspecified atom stereocenters. The number of hydrogen-bond acceptors (Lipinski definition) is 2. The van der Waals surface area contributed by atoms with Gasteiger partial charge in [-0.05, 0) is 37.1 Å². The van der Waals surface area contributed by atoms with E-state index in [1.165, 1.54) is 49.8 Å². The van der Waals surface area contributed by atoms with Gasteiger partial charge in [-0.3, -0.25) is 0 Å². The minimum Gasteiger partial charge on any atom is -0.325 e. The summed E-state index contributed by atoms with van der Waals surface area (Å²) in [5, 5.41) is 0. The van der Waals surface area contributed by atoms with Gasteiger partial charge in [-0.1, -0.05) is 50.3 Å². The predicted octanol–water partition coefficient (Wildman–Crippen LogP) is 4.61. The van der Waals surface area contributed by atoms with Crippen LogP contribution in [0.15, 0.2) is 35.2 Å². The molecule has 1 aromatic rings. The average molecular weight is 263 g/mol. The van der Waals surface area contributed by atoms with Crippen molar-refractivity contribution in [2.75, 3.05) is 5.75 Å². The molecule has 0 amide bonds. The van der Waals surface area contributed by atoms with Gasteiger partial charge < -0.3 is 5.73 Å². The van der Waals surface area contributed by atoms with E-state index in [0.717, 1.165) is 12.2 Å². The molecule has 1 fully saturated rings. The Balaban J connectivity index is 1.77. The molecule has 0 aromatic heterocycles. The van der Waals surface area contributed by atoms with E-state index in [1.807, 2.05) is 11.8 Å². The van der Waals surface area contributed by atoms with E-state index >= 15 is 0 Å². The van der Waals surface area contributed by atoms with Crippen LogP contribution in [0.4, 0.5) is 0 Å². The molecule has 1 aromatic carbocycles. The number of benzene rings is 1. The standard InChI is InChI=1S/C16H25NS/c17-16(11-7-2-1-3-8-12-16)13-14-18-15-9-5-4-6-10-15/h4-6,9-10H,1-3,7-8,11-14,17H2. The average Bonchev–Trinajstić information content (AvgIpc) is 2.36. The van der Waals surface area contributed by atoms with Gasteiger partial charge in [-0.15, -0.1) is 11.8 Å². The number of nitrogens with two attached hydrogens (primary N) is 1. The molecule has 2 heteroatoms. The van der Waals surface area contributed by atoms with Crippen molar-refractivity contribution in [3.63, 3.8) is 0 Å². The van der Waals surface area contributed by atoms with Gasteiger partial charge in [0.15, 0.2) is 0 Å². The molecule has 1 aliphatic rings. The van der Waals surface area contributed by atoms with Gasteiger partial charge in [0, 0.05) is 10.4 Å². The summed E-state index contributed by atoms with van der Waals surface area (Å²) in [5.41, 5.74) is 6.69. The van der Waals surface area contributed by atoms with Crippen molar-refractivity contribution in [2.24, 2.45) is 5.73 Å². The molecule has 0 aliphatic heterocycles. The molecule has 1 aliphatic carbocycles. The van der Waals surface area contributed by atoms with Gasteiger partial charge in [-0.2, -0.15) is 0 Å². The molecule has 2 rings (SSSR count). The molecule has 0 heterocycles. The largest absolute Gasteiger partial charge is 0.325 e. The van der Waals surface area contributed by atoms with Crippen LogP contribution in [0.2, 0.25) is 0 Å². The third-order valence-corrected chi connectivity index (χ3v) is 4.97. The highest BCUT2D eigenvalue weighted by Gasteiger charge is 2.24. The number of rotatable bonds is 4. The lowest BCUT2D eigenvalue weighted by Crippen LogP contribution is -2.40. The Hall–Kier alpha value is -0.470. The second-order valence-corrected chi connectivity index (χ2v) is 6.71. The van der Waals surface area contributed by atoms with E-state index in [-0.39, 0.29) is 5.54 Å². The van der Waals surface area contributed by atoms with Gasteiger partial charge in [0.25, 0.3) is 0 Å². The first-order chi connectivity index (χ1) is 8.79. The molecule has 0 saturated heterocycles. The molecule has 1 saturated carbocycles. The molecule has 100 valence electrons. The van der Waals surface area contributed by atoms with Crippen molar-refractivity contribution >= 4 is 11.8 Å². The van der Waals surface area contributed by atoms with Crippen LogP contribution in [0.25, 0.3) is 0 Å². The van der Waals surface area contributed by atoms with E-state index in [1.54, 1.807) is 0 Å². The van der Waals surface area contributed by atoms with Crippen molar-refractivity contribution in [1.82, 2.24) is 0 Å². The zero-order valence-corrected chi connectivity index (χ0v) is 12.1. The summed E-state index contributed by atoms with van der Waals surface area (Å²) in [6, 6.07) is 10.7. The van der Waals surface area contributed by atoms with Gasteiger partial charge >= 0.3 is 0 Å². The predicted molar refractivity (Wildman–Crippen MR) is 81.0 cm³/mol.